The van der Waals surface area contributed by atoms with E-state index in [0.717, 1.165) is 24.8 Å². The van der Waals surface area contributed by atoms with Crippen LogP contribution in [0.15, 0.2) is 47.4 Å². The van der Waals surface area contributed by atoms with Gasteiger partial charge in [-0.15, -0.1) is 5.75 Å². The molecule has 0 heterocycles. The predicted molar refractivity (Wildman–Crippen MR) is 109 cm³/mol. The first kappa shape index (κ1) is 26.6. The van der Waals surface area contributed by atoms with Crippen LogP contribution in [0.2, 0.25) is 0 Å². The van der Waals surface area contributed by atoms with Crippen LogP contribution in [0.5, 0.6) is 17.2 Å². The van der Waals surface area contributed by atoms with Crippen LogP contribution in [0, 0.1) is 0 Å². The third-order valence-corrected chi connectivity index (χ3v) is 5.55. The number of benzene rings is 2. The van der Waals surface area contributed by atoms with E-state index in [2.05, 4.69) is 6.92 Å². The van der Waals surface area contributed by atoms with Crippen LogP contribution in [0.1, 0.15) is 63.9 Å². The molecule has 0 spiro atoms. The molecule has 0 aliphatic heterocycles. The van der Waals surface area contributed by atoms with Gasteiger partial charge >= 0.3 is 51.4 Å². The SMILES string of the molecule is CCCCCCCCCCc1ccc(S(=O)(=O)O)c(Oc2ccc([O-])cc2)c1.[K+]. The Morgan fingerprint density at radius 1 is 0.897 bits per heavy atom. The summed E-state index contributed by atoms with van der Waals surface area (Å²) in [6.45, 7) is 2.21. The quantitative estimate of drug-likeness (QED) is 0.309. The van der Waals surface area contributed by atoms with Gasteiger partial charge in [-0.3, -0.25) is 4.55 Å². The van der Waals surface area contributed by atoms with Gasteiger partial charge in [0.15, 0.2) is 0 Å². The average molecular weight is 445 g/mol. The van der Waals surface area contributed by atoms with E-state index in [4.69, 9.17) is 4.74 Å². The molecule has 29 heavy (non-hydrogen) atoms. The molecule has 0 saturated carbocycles. The van der Waals surface area contributed by atoms with Crippen molar-refractivity contribution >= 4 is 10.1 Å². The van der Waals surface area contributed by atoms with Crippen LogP contribution in [-0.2, 0) is 16.5 Å². The van der Waals surface area contributed by atoms with E-state index < -0.39 is 10.1 Å². The zero-order chi connectivity index (χ0) is 20.4. The molecular weight excluding hydrogens is 415 g/mol. The maximum Gasteiger partial charge on any atom is 1.00 e. The smallest absolute Gasteiger partial charge is 0.872 e. The van der Waals surface area contributed by atoms with Gasteiger partial charge in [-0.25, -0.2) is 0 Å². The van der Waals surface area contributed by atoms with Gasteiger partial charge in [0.2, 0.25) is 0 Å². The second-order valence-electron chi connectivity index (χ2n) is 7.05. The molecule has 0 saturated heterocycles. The van der Waals surface area contributed by atoms with Crippen LogP contribution in [0.3, 0.4) is 0 Å². The summed E-state index contributed by atoms with van der Waals surface area (Å²) in [6, 6.07) is 10.3. The van der Waals surface area contributed by atoms with Crippen molar-refractivity contribution in [2.75, 3.05) is 0 Å². The first-order valence-electron chi connectivity index (χ1n) is 9.95. The summed E-state index contributed by atoms with van der Waals surface area (Å²) in [5.41, 5.74) is 0.953. The fraction of sp³-hybridized carbons (Fsp3) is 0.455. The summed E-state index contributed by atoms with van der Waals surface area (Å²) < 4.78 is 38.4. The van der Waals surface area contributed by atoms with E-state index in [1.165, 1.54) is 68.9 Å². The first-order chi connectivity index (χ1) is 13.4. The molecule has 0 fully saturated rings. The van der Waals surface area contributed by atoms with Crippen LogP contribution in [0.25, 0.3) is 0 Å². The molecule has 0 amide bonds. The average Bonchev–Trinajstić information content (AvgIpc) is 2.65. The van der Waals surface area contributed by atoms with Gasteiger partial charge in [-0.2, -0.15) is 8.42 Å². The van der Waals surface area contributed by atoms with Gasteiger partial charge < -0.3 is 9.84 Å². The molecule has 0 aliphatic rings. The second kappa shape index (κ2) is 13.8. The normalized spacial score (nSPS) is 11.1. The molecule has 0 unspecified atom stereocenters. The monoisotopic (exact) mass is 444 g/mol. The minimum Gasteiger partial charge on any atom is -0.872 e. The Hall–Kier alpha value is -0.414. The van der Waals surface area contributed by atoms with Crippen molar-refractivity contribution in [2.45, 2.75) is 69.6 Å². The molecule has 154 valence electrons. The fourth-order valence-electron chi connectivity index (χ4n) is 3.10. The summed E-state index contributed by atoms with van der Waals surface area (Å²) in [5, 5.41) is 11.2. The molecule has 2 rings (SSSR count). The number of hydrogen-bond donors (Lipinski definition) is 1. The number of unbranched alkanes of at least 4 members (excludes halogenated alkanes) is 7. The van der Waals surface area contributed by atoms with Crippen molar-refractivity contribution in [2.24, 2.45) is 0 Å². The van der Waals surface area contributed by atoms with Gasteiger partial charge in [0.1, 0.15) is 16.4 Å². The minimum absolute atomic E-state index is 0. The van der Waals surface area contributed by atoms with Gasteiger partial charge in [0, 0.05) is 0 Å². The van der Waals surface area contributed by atoms with Crippen molar-refractivity contribution in [3.8, 4) is 17.2 Å². The van der Waals surface area contributed by atoms with Crippen molar-refractivity contribution in [3.05, 3.63) is 48.0 Å². The number of rotatable bonds is 12. The zero-order valence-electron chi connectivity index (χ0n) is 17.4. The van der Waals surface area contributed by atoms with Crippen LogP contribution < -0.4 is 61.2 Å². The largest absolute Gasteiger partial charge is 1.00 e. The van der Waals surface area contributed by atoms with Crippen molar-refractivity contribution < 1.29 is 74.2 Å². The molecule has 7 heteroatoms. The Labute approximate surface area is 217 Å². The molecule has 0 atom stereocenters. The van der Waals surface area contributed by atoms with Crippen molar-refractivity contribution in [1.29, 1.82) is 0 Å². The molecule has 0 aliphatic carbocycles. The molecule has 1 N–H and O–H groups in total. The van der Waals surface area contributed by atoms with Crippen molar-refractivity contribution in [1.82, 2.24) is 0 Å². The predicted octanol–water partition coefficient (Wildman–Crippen LogP) is 2.49. The van der Waals surface area contributed by atoms with E-state index in [0.29, 0.717) is 5.75 Å². The third kappa shape index (κ3) is 9.96. The van der Waals surface area contributed by atoms with Gasteiger partial charge in [-0.1, -0.05) is 70.1 Å². The number of hydrogen-bond acceptors (Lipinski definition) is 4. The Kier molecular flexibility index (Phi) is 12.7. The van der Waals surface area contributed by atoms with Crippen LogP contribution >= 0.6 is 0 Å². The van der Waals surface area contributed by atoms with E-state index in [1.807, 2.05) is 0 Å². The summed E-state index contributed by atoms with van der Waals surface area (Å²) in [6.07, 6.45) is 10.6. The molecule has 0 bridgehead atoms. The Morgan fingerprint density at radius 3 is 2.07 bits per heavy atom. The van der Waals surface area contributed by atoms with E-state index in [-0.39, 0.29) is 67.8 Å². The molecular formula is C22H29KO5S. The Bertz CT molecular complexity index is 835. The van der Waals surface area contributed by atoms with E-state index in [9.17, 15) is 18.1 Å². The zero-order valence-corrected chi connectivity index (χ0v) is 21.3. The van der Waals surface area contributed by atoms with Gasteiger partial charge in [-0.05, 0) is 42.7 Å². The maximum atomic E-state index is 11.6. The molecule has 0 aromatic heterocycles. The van der Waals surface area contributed by atoms with E-state index >= 15 is 0 Å². The fourth-order valence-corrected chi connectivity index (χ4v) is 3.69. The molecule has 2 aromatic carbocycles. The molecule has 0 radical (unpaired) electrons. The van der Waals surface area contributed by atoms with Crippen LogP contribution in [0.4, 0.5) is 0 Å². The Morgan fingerprint density at radius 2 is 1.48 bits per heavy atom. The molecule has 5 nitrogen and oxygen atoms in total. The maximum absolute atomic E-state index is 11.6. The summed E-state index contributed by atoms with van der Waals surface area (Å²) >= 11 is 0. The first-order valence-corrected chi connectivity index (χ1v) is 11.4. The second-order valence-corrected chi connectivity index (χ2v) is 8.44. The van der Waals surface area contributed by atoms with Gasteiger partial charge in [0.05, 0.1) is 0 Å². The van der Waals surface area contributed by atoms with Crippen LogP contribution in [-0.4, -0.2) is 13.0 Å². The molecule has 2 aromatic rings. The Balaban J connectivity index is 0.00000420. The standard InChI is InChI=1S/C22H30O5S.K/c1-2-3-4-5-6-7-8-9-10-18-11-16-22(28(24,25)26)21(17-18)27-20-14-12-19(23)13-15-20;/h11-17,23H,2-10H2,1H3,(H,24,25,26);/q;+1/p-1. The summed E-state index contributed by atoms with van der Waals surface area (Å²) in [5.74, 6) is 0.248. The summed E-state index contributed by atoms with van der Waals surface area (Å²) in [4.78, 5) is -0.279. The minimum atomic E-state index is -4.41. The van der Waals surface area contributed by atoms with E-state index in [1.54, 1.807) is 12.1 Å². The van der Waals surface area contributed by atoms with Gasteiger partial charge in [0.25, 0.3) is 10.1 Å². The number of aryl methyl sites for hydroxylation is 1. The number of ether oxygens (including phenoxy) is 1. The summed E-state index contributed by atoms with van der Waals surface area (Å²) in [7, 11) is -4.41. The van der Waals surface area contributed by atoms with Crippen molar-refractivity contribution in [3.63, 3.8) is 0 Å². The third-order valence-electron chi connectivity index (χ3n) is 4.66. The topological polar surface area (TPSA) is 86.7 Å².